The third-order valence-electron chi connectivity index (χ3n) is 4.38. The van der Waals surface area contributed by atoms with E-state index >= 15 is 0 Å². The summed E-state index contributed by atoms with van der Waals surface area (Å²) in [6.45, 7) is 3.32. The Labute approximate surface area is 148 Å². The number of aromatic nitrogens is 2. The van der Waals surface area contributed by atoms with Crippen LogP contribution < -0.4 is 0 Å². The molecule has 0 aliphatic carbocycles. The number of hydrogen-bond acceptors (Lipinski definition) is 3. The maximum Gasteiger partial charge on any atom is 0.0946 e. The van der Waals surface area contributed by atoms with E-state index in [0.717, 1.165) is 6.54 Å². The van der Waals surface area contributed by atoms with E-state index in [4.69, 9.17) is 0 Å². The van der Waals surface area contributed by atoms with Crippen LogP contribution in [0.2, 0.25) is 0 Å². The van der Waals surface area contributed by atoms with Crippen LogP contribution in [0.1, 0.15) is 37.3 Å². The van der Waals surface area contributed by atoms with Crippen LogP contribution in [-0.2, 0) is 19.4 Å². The van der Waals surface area contributed by atoms with E-state index in [1.165, 1.54) is 54.7 Å². The van der Waals surface area contributed by atoms with Crippen LogP contribution >= 0.6 is 23.5 Å². The molecule has 23 heavy (non-hydrogen) atoms. The van der Waals surface area contributed by atoms with Crippen LogP contribution in [0.4, 0.5) is 0 Å². The average Bonchev–Trinajstić information content (AvgIpc) is 3.22. The molecule has 0 spiro atoms. The fraction of sp³-hybridized carbons (Fsp3) is 0.526. The zero-order chi connectivity index (χ0) is 16.0. The Balaban J connectivity index is 1.53. The molecular weight excluding hydrogens is 320 g/mol. The molecule has 0 N–H and O–H groups in total. The smallest absolute Gasteiger partial charge is 0.0946 e. The van der Waals surface area contributed by atoms with Crippen molar-refractivity contribution >= 4 is 23.5 Å². The monoisotopic (exact) mass is 346 g/mol. The normalized spacial score (nSPS) is 16.7. The summed E-state index contributed by atoms with van der Waals surface area (Å²) in [6.07, 6.45) is 12.1. The maximum absolute atomic E-state index is 4.19. The van der Waals surface area contributed by atoms with Gasteiger partial charge in [-0.2, -0.15) is 0 Å². The van der Waals surface area contributed by atoms with E-state index in [1.807, 2.05) is 12.5 Å². The molecule has 0 radical (unpaired) electrons. The molecular formula is C19H26N2S2. The molecule has 0 bridgehead atoms. The topological polar surface area (TPSA) is 17.8 Å². The van der Waals surface area contributed by atoms with Crippen LogP contribution in [0.15, 0.2) is 43.0 Å². The van der Waals surface area contributed by atoms with Crippen LogP contribution in [0, 0.1) is 0 Å². The molecule has 3 rings (SSSR count). The molecule has 0 amide bonds. The predicted octanol–water partition coefficient (Wildman–Crippen LogP) is 5.03. The zero-order valence-electron chi connectivity index (χ0n) is 13.9. The van der Waals surface area contributed by atoms with Crippen molar-refractivity contribution in [3.05, 3.63) is 54.1 Å². The first-order chi connectivity index (χ1) is 11.3. The highest BCUT2D eigenvalue weighted by Gasteiger charge is 2.35. The minimum absolute atomic E-state index is 0.350. The van der Waals surface area contributed by atoms with Gasteiger partial charge < -0.3 is 4.57 Å². The largest absolute Gasteiger partial charge is 0.335 e. The molecule has 1 fully saturated rings. The fourth-order valence-corrected chi connectivity index (χ4v) is 6.50. The van der Waals surface area contributed by atoms with Gasteiger partial charge in [0.25, 0.3) is 0 Å². The molecule has 1 aliphatic rings. The number of nitrogens with zero attached hydrogens (tertiary/aromatic N) is 2. The van der Waals surface area contributed by atoms with Crippen LogP contribution in [-0.4, -0.2) is 25.1 Å². The summed E-state index contributed by atoms with van der Waals surface area (Å²) in [5.74, 6) is 2.57. The summed E-state index contributed by atoms with van der Waals surface area (Å²) in [5, 5.41) is 0. The van der Waals surface area contributed by atoms with Crippen molar-refractivity contribution in [2.24, 2.45) is 0 Å². The molecule has 1 aliphatic heterocycles. The second kappa shape index (κ2) is 8.29. The average molecular weight is 347 g/mol. The van der Waals surface area contributed by atoms with Gasteiger partial charge in [-0.3, -0.25) is 0 Å². The van der Waals surface area contributed by atoms with Crippen molar-refractivity contribution < 1.29 is 0 Å². The van der Waals surface area contributed by atoms with Gasteiger partial charge in [-0.25, -0.2) is 4.98 Å². The predicted molar refractivity (Wildman–Crippen MR) is 103 cm³/mol. The van der Waals surface area contributed by atoms with Gasteiger partial charge in [0, 0.05) is 30.4 Å². The van der Waals surface area contributed by atoms with Gasteiger partial charge >= 0.3 is 0 Å². The third kappa shape index (κ3) is 4.80. The summed E-state index contributed by atoms with van der Waals surface area (Å²) in [6, 6.07) is 9.25. The minimum atomic E-state index is 0.350. The van der Waals surface area contributed by atoms with Crippen molar-refractivity contribution in [3.63, 3.8) is 0 Å². The third-order valence-corrected chi connectivity index (χ3v) is 7.88. The van der Waals surface area contributed by atoms with Gasteiger partial charge in [-0.1, -0.05) is 37.6 Å². The Bertz CT molecular complexity index is 572. The quantitative estimate of drug-likeness (QED) is 0.667. The van der Waals surface area contributed by atoms with Crippen LogP contribution in [0.3, 0.4) is 0 Å². The Morgan fingerprint density at radius 2 is 1.78 bits per heavy atom. The molecule has 0 saturated carbocycles. The van der Waals surface area contributed by atoms with Gasteiger partial charge in [0.15, 0.2) is 0 Å². The van der Waals surface area contributed by atoms with Crippen molar-refractivity contribution in [3.8, 4) is 0 Å². The lowest BCUT2D eigenvalue weighted by molar-refractivity contribution is 0.572. The highest BCUT2D eigenvalue weighted by molar-refractivity contribution is 8.21. The Morgan fingerprint density at radius 3 is 2.39 bits per heavy atom. The number of thioether (sulfide) groups is 2. The van der Waals surface area contributed by atoms with E-state index < -0.39 is 0 Å². The zero-order valence-corrected chi connectivity index (χ0v) is 15.5. The number of rotatable bonds is 8. The number of aryl methyl sites for hydroxylation is 2. The first-order valence-electron chi connectivity index (χ1n) is 8.61. The number of benzene rings is 1. The first kappa shape index (κ1) is 17.0. The molecule has 1 saturated heterocycles. The molecule has 1 aromatic carbocycles. The molecule has 2 heterocycles. The van der Waals surface area contributed by atoms with Crippen molar-refractivity contribution in [2.75, 3.05) is 11.5 Å². The van der Waals surface area contributed by atoms with Crippen LogP contribution in [0.25, 0.3) is 0 Å². The van der Waals surface area contributed by atoms with Gasteiger partial charge in [-0.15, -0.1) is 23.5 Å². The Hall–Kier alpha value is -0.870. The van der Waals surface area contributed by atoms with Gasteiger partial charge in [0.05, 0.1) is 10.4 Å². The lowest BCUT2D eigenvalue weighted by Crippen LogP contribution is -2.24. The summed E-state index contributed by atoms with van der Waals surface area (Å²) in [7, 11) is 0. The first-order valence-corrected chi connectivity index (χ1v) is 10.6. The molecule has 124 valence electrons. The van der Waals surface area contributed by atoms with Crippen molar-refractivity contribution in [1.29, 1.82) is 0 Å². The van der Waals surface area contributed by atoms with E-state index in [9.17, 15) is 0 Å². The summed E-state index contributed by atoms with van der Waals surface area (Å²) >= 11 is 4.29. The van der Waals surface area contributed by atoms with Gasteiger partial charge in [-0.05, 0) is 36.8 Å². The summed E-state index contributed by atoms with van der Waals surface area (Å²) in [5.41, 5.74) is 2.95. The molecule has 2 aromatic rings. The summed E-state index contributed by atoms with van der Waals surface area (Å²) < 4.78 is 2.59. The van der Waals surface area contributed by atoms with E-state index in [2.05, 4.69) is 70.5 Å². The Kier molecular flexibility index (Phi) is 6.12. The molecule has 1 aromatic heterocycles. The number of imidazole rings is 1. The standard InChI is InChI=1S/C19H26N2S2/c1-2-4-17-6-8-18(9-7-17)5-3-10-19(22-13-14-23-19)15-21-12-11-20-16-21/h6-9,11-12,16H,2-5,10,13-15H2,1H3. The second-order valence-electron chi connectivity index (χ2n) is 6.26. The maximum atomic E-state index is 4.19. The van der Waals surface area contributed by atoms with E-state index in [1.54, 1.807) is 0 Å². The minimum Gasteiger partial charge on any atom is -0.335 e. The highest BCUT2D eigenvalue weighted by Crippen LogP contribution is 2.48. The fourth-order valence-electron chi connectivity index (χ4n) is 3.19. The Morgan fingerprint density at radius 1 is 1.09 bits per heavy atom. The van der Waals surface area contributed by atoms with Crippen molar-refractivity contribution in [1.82, 2.24) is 9.55 Å². The molecule has 0 atom stereocenters. The lowest BCUT2D eigenvalue weighted by Gasteiger charge is -2.27. The molecule has 2 nitrogen and oxygen atoms in total. The second-order valence-corrected chi connectivity index (χ2v) is 9.48. The van der Waals surface area contributed by atoms with Crippen molar-refractivity contribution in [2.45, 2.75) is 49.7 Å². The lowest BCUT2D eigenvalue weighted by atomic mass is 10.0. The number of hydrogen-bond donors (Lipinski definition) is 0. The SMILES string of the molecule is CCCc1ccc(CCCC2(Cn3ccnc3)SCCS2)cc1. The van der Waals surface area contributed by atoms with Gasteiger partial charge in [0.1, 0.15) is 0 Å². The highest BCUT2D eigenvalue weighted by atomic mass is 32.2. The van der Waals surface area contributed by atoms with Gasteiger partial charge in [0.2, 0.25) is 0 Å². The van der Waals surface area contributed by atoms with E-state index in [-0.39, 0.29) is 0 Å². The van der Waals surface area contributed by atoms with Crippen LogP contribution in [0.5, 0.6) is 0 Å². The molecule has 4 heteroatoms. The molecule has 0 unspecified atom stereocenters. The summed E-state index contributed by atoms with van der Waals surface area (Å²) in [4.78, 5) is 4.19. The van der Waals surface area contributed by atoms with E-state index in [0.29, 0.717) is 4.08 Å².